The van der Waals surface area contributed by atoms with Crippen LogP contribution < -0.4 is 14.8 Å². The normalized spacial score (nSPS) is 11.9. The largest absolute Gasteiger partial charge is 0.484 e. The van der Waals surface area contributed by atoms with Crippen LogP contribution >= 0.6 is 11.3 Å². The SMILES string of the molecule is CCOc1cnc2c(-c3nc4cc(F)c(O[C@@H](C)COC(=O)Nc5cnc(CCO)nc5)cc4s3)cc(C)cc2n1. The summed E-state index contributed by atoms with van der Waals surface area (Å²) in [6, 6.07) is 6.81. The molecule has 1 atom stereocenters. The summed E-state index contributed by atoms with van der Waals surface area (Å²) in [4.78, 5) is 34.0. The average molecular weight is 579 g/mol. The van der Waals surface area contributed by atoms with Gasteiger partial charge < -0.3 is 19.3 Å². The summed E-state index contributed by atoms with van der Waals surface area (Å²) in [5, 5.41) is 12.1. The van der Waals surface area contributed by atoms with Gasteiger partial charge in [0.15, 0.2) is 11.6 Å². The summed E-state index contributed by atoms with van der Waals surface area (Å²) in [5.41, 5.74) is 3.95. The summed E-state index contributed by atoms with van der Waals surface area (Å²) in [7, 11) is 0. The van der Waals surface area contributed by atoms with Crippen molar-refractivity contribution in [1.29, 1.82) is 0 Å². The number of aromatic nitrogens is 5. The van der Waals surface area contributed by atoms with Crippen molar-refractivity contribution in [2.45, 2.75) is 33.3 Å². The number of fused-ring (bicyclic) bond motifs is 2. The first-order valence-corrected chi connectivity index (χ1v) is 13.7. The summed E-state index contributed by atoms with van der Waals surface area (Å²) < 4.78 is 32.1. The molecule has 13 heteroatoms. The van der Waals surface area contributed by atoms with E-state index < -0.39 is 18.0 Å². The Hall–Kier alpha value is -4.49. The second-order valence-corrected chi connectivity index (χ2v) is 10.1. The third-order valence-corrected chi connectivity index (χ3v) is 6.85. The van der Waals surface area contributed by atoms with E-state index in [9.17, 15) is 9.18 Å². The van der Waals surface area contributed by atoms with Crippen molar-refractivity contribution in [1.82, 2.24) is 24.9 Å². The Labute approximate surface area is 238 Å². The van der Waals surface area contributed by atoms with Gasteiger partial charge in [-0.3, -0.25) is 5.32 Å². The molecule has 5 rings (SSSR count). The molecule has 3 aromatic heterocycles. The van der Waals surface area contributed by atoms with Crippen LogP contribution in [0.25, 0.3) is 31.8 Å². The number of aryl methyl sites for hydroxylation is 1. The molecule has 0 aliphatic heterocycles. The Morgan fingerprint density at radius 1 is 1.10 bits per heavy atom. The number of rotatable bonds is 10. The lowest BCUT2D eigenvalue weighted by molar-refractivity contribution is 0.0969. The number of nitrogens with one attached hydrogen (secondary N) is 1. The number of carbonyl (C=O) groups excluding carboxylic acids is 1. The molecule has 212 valence electrons. The second-order valence-electron chi connectivity index (χ2n) is 9.10. The molecule has 11 nitrogen and oxygen atoms in total. The first-order valence-electron chi connectivity index (χ1n) is 12.9. The molecule has 1 amide bonds. The maximum absolute atomic E-state index is 15.0. The molecule has 0 unspecified atom stereocenters. The van der Waals surface area contributed by atoms with E-state index in [1.54, 1.807) is 19.2 Å². The van der Waals surface area contributed by atoms with Gasteiger partial charge in [-0.05, 0) is 38.5 Å². The molecule has 0 bridgehead atoms. The summed E-state index contributed by atoms with van der Waals surface area (Å²) in [5.74, 6) is 0.341. The Morgan fingerprint density at radius 3 is 2.66 bits per heavy atom. The fraction of sp³-hybridized carbons (Fsp3) is 0.286. The lowest BCUT2D eigenvalue weighted by atomic mass is 10.1. The molecule has 0 aliphatic rings. The van der Waals surface area contributed by atoms with E-state index in [1.807, 2.05) is 26.0 Å². The van der Waals surface area contributed by atoms with E-state index in [2.05, 4.69) is 30.2 Å². The summed E-state index contributed by atoms with van der Waals surface area (Å²) in [6.45, 7) is 5.80. The van der Waals surface area contributed by atoms with Gasteiger partial charge in [-0.15, -0.1) is 11.3 Å². The molecule has 2 aromatic carbocycles. The molecule has 0 aliphatic carbocycles. The van der Waals surface area contributed by atoms with Crippen LogP contribution in [-0.2, 0) is 11.2 Å². The van der Waals surface area contributed by atoms with Crippen LogP contribution in [0.4, 0.5) is 14.9 Å². The number of ether oxygens (including phenoxy) is 3. The van der Waals surface area contributed by atoms with Gasteiger partial charge in [-0.1, -0.05) is 0 Å². The van der Waals surface area contributed by atoms with Crippen LogP contribution in [0.5, 0.6) is 11.6 Å². The van der Waals surface area contributed by atoms with Gasteiger partial charge in [0.05, 0.1) is 58.7 Å². The van der Waals surface area contributed by atoms with E-state index in [4.69, 9.17) is 19.3 Å². The number of benzene rings is 2. The van der Waals surface area contributed by atoms with E-state index in [0.29, 0.717) is 52.0 Å². The lowest BCUT2D eigenvalue weighted by Crippen LogP contribution is -2.24. The molecule has 0 saturated heterocycles. The zero-order chi connectivity index (χ0) is 28.9. The molecule has 0 spiro atoms. The molecule has 3 heterocycles. The number of aliphatic hydroxyl groups is 1. The lowest BCUT2D eigenvalue weighted by Gasteiger charge is -2.15. The van der Waals surface area contributed by atoms with Crippen molar-refractivity contribution < 1.29 is 28.5 Å². The van der Waals surface area contributed by atoms with Crippen LogP contribution in [0, 0.1) is 12.7 Å². The van der Waals surface area contributed by atoms with E-state index >= 15 is 0 Å². The highest BCUT2D eigenvalue weighted by molar-refractivity contribution is 7.21. The average Bonchev–Trinajstić information content (AvgIpc) is 3.35. The smallest absolute Gasteiger partial charge is 0.411 e. The monoisotopic (exact) mass is 578 g/mol. The summed E-state index contributed by atoms with van der Waals surface area (Å²) in [6.07, 6.45) is 3.35. The van der Waals surface area contributed by atoms with Crippen molar-refractivity contribution in [2.75, 3.05) is 25.1 Å². The number of carbonyl (C=O) groups is 1. The van der Waals surface area contributed by atoms with Gasteiger partial charge in [-0.25, -0.2) is 34.1 Å². The molecular weight excluding hydrogens is 551 g/mol. The van der Waals surface area contributed by atoms with Gasteiger partial charge >= 0.3 is 6.09 Å². The Morgan fingerprint density at radius 2 is 1.90 bits per heavy atom. The second kappa shape index (κ2) is 12.4. The van der Waals surface area contributed by atoms with Gasteiger partial charge in [0, 0.05) is 24.1 Å². The minimum atomic E-state index is -0.733. The third-order valence-electron chi connectivity index (χ3n) is 5.80. The van der Waals surface area contributed by atoms with Gasteiger partial charge in [0.25, 0.3) is 0 Å². The van der Waals surface area contributed by atoms with E-state index in [0.717, 1.165) is 15.8 Å². The Kier molecular flexibility index (Phi) is 8.45. The van der Waals surface area contributed by atoms with E-state index in [-0.39, 0.29) is 19.0 Å². The Balaban J connectivity index is 1.28. The topological polar surface area (TPSA) is 141 Å². The number of nitrogens with zero attached hydrogens (tertiary/aromatic N) is 5. The minimum Gasteiger partial charge on any atom is -0.484 e. The molecule has 41 heavy (non-hydrogen) atoms. The van der Waals surface area contributed by atoms with Crippen LogP contribution in [0.1, 0.15) is 25.2 Å². The molecular formula is C28H27FN6O5S. The highest BCUT2D eigenvalue weighted by Gasteiger charge is 2.18. The maximum atomic E-state index is 15.0. The first kappa shape index (κ1) is 28.1. The van der Waals surface area contributed by atoms with Crippen LogP contribution in [0.3, 0.4) is 0 Å². The zero-order valence-corrected chi connectivity index (χ0v) is 23.4. The van der Waals surface area contributed by atoms with Crippen molar-refractivity contribution in [3.63, 3.8) is 0 Å². The molecule has 0 saturated carbocycles. The fourth-order valence-corrected chi connectivity index (χ4v) is 5.00. The number of thiazole rings is 1. The number of halogens is 1. The molecule has 5 aromatic rings. The summed E-state index contributed by atoms with van der Waals surface area (Å²) >= 11 is 1.38. The predicted molar refractivity (Wildman–Crippen MR) is 152 cm³/mol. The van der Waals surface area contributed by atoms with Crippen LogP contribution in [0.2, 0.25) is 0 Å². The number of aliphatic hydroxyl groups excluding tert-OH is 1. The first-order chi connectivity index (χ1) is 19.8. The standard InChI is InChI=1S/C28H27FN6O5S/c1-4-38-25-13-32-26-18(7-15(2)8-21(26)34-25)27-35-20-9-19(29)22(10-23(20)41-27)40-16(3)14-39-28(37)33-17-11-30-24(5-6-36)31-12-17/h7-13,16,36H,4-6,14H2,1-3H3,(H,33,37)/t16-/m0/s1. The van der Waals surface area contributed by atoms with Gasteiger partial charge in [0.1, 0.15) is 23.5 Å². The molecule has 0 radical (unpaired) electrons. The van der Waals surface area contributed by atoms with Crippen LogP contribution in [0.15, 0.2) is 42.9 Å². The van der Waals surface area contributed by atoms with Crippen molar-refractivity contribution in [3.05, 3.63) is 60.1 Å². The zero-order valence-electron chi connectivity index (χ0n) is 22.5. The fourth-order valence-electron chi connectivity index (χ4n) is 4.01. The highest BCUT2D eigenvalue weighted by atomic mass is 32.1. The van der Waals surface area contributed by atoms with Crippen molar-refractivity contribution >= 4 is 44.4 Å². The van der Waals surface area contributed by atoms with Crippen LogP contribution in [-0.4, -0.2) is 62.0 Å². The van der Waals surface area contributed by atoms with E-state index in [1.165, 1.54) is 29.8 Å². The number of hydrogen-bond donors (Lipinski definition) is 2. The Bertz CT molecular complexity index is 1700. The van der Waals surface area contributed by atoms with Gasteiger partial charge in [-0.2, -0.15) is 0 Å². The number of hydrogen-bond acceptors (Lipinski definition) is 11. The quantitative estimate of drug-likeness (QED) is 0.230. The molecule has 0 fully saturated rings. The van der Waals surface area contributed by atoms with Crippen molar-refractivity contribution in [2.24, 2.45) is 0 Å². The predicted octanol–water partition coefficient (Wildman–Crippen LogP) is 5.09. The van der Waals surface area contributed by atoms with Gasteiger partial charge in [0.2, 0.25) is 5.88 Å². The minimum absolute atomic E-state index is 0.0207. The molecule has 2 N–H and O–H groups in total. The number of anilines is 1. The van der Waals surface area contributed by atoms with Crippen molar-refractivity contribution in [3.8, 4) is 22.2 Å². The highest BCUT2D eigenvalue weighted by Crippen LogP contribution is 2.37. The maximum Gasteiger partial charge on any atom is 0.411 e. The number of amides is 1. The third kappa shape index (κ3) is 6.64.